The highest BCUT2D eigenvalue weighted by Crippen LogP contribution is 2.48. The molecule has 1 aliphatic rings. The number of hydrogen-bond acceptors (Lipinski definition) is 7. The quantitative estimate of drug-likeness (QED) is 0.561. The summed E-state index contributed by atoms with van der Waals surface area (Å²) in [5.41, 5.74) is 2.08. The number of benzene rings is 2. The monoisotopic (exact) mass is 493 g/mol. The van der Waals surface area contributed by atoms with Crippen LogP contribution in [0, 0.1) is 0 Å². The van der Waals surface area contributed by atoms with Crippen molar-refractivity contribution in [1.29, 1.82) is 0 Å². The summed E-state index contributed by atoms with van der Waals surface area (Å²) in [5, 5.41) is 15.6. The van der Waals surface area contributed by atoms with Crippen LogP contribution < -0.4 is 4.90 Å². The largest absolute Gasteiger partial charge is 0.478 e. The number of carboxylic acids is 2. The third-order valence-corrected chi connectivity index (χ3v) is 7.46. The average molecular weight is 494 g/mol. The Balaban J connectivity index is 0.000000414. The number of para-hydroxylation sites is 1. The van der Waals surface area contributed by atoms with Crippen molar-refractivity contribution in [3.8, 4) is 0 Å². The van der Waals surface area contributed by atoms with E-state index in [-0.39, 0.29) is 0 Å². The summed E-state index contributed by atoms with van der Waals surface area (Å²) in [6, 6.07) is 13.7. The van der Waals surface area contributed by atoms with Crippen LogP contribution >= 0.6 is 11.8 Å². The van der Waals surface area contributed by atoms with Crippen LogP contribution in [0.5, 0.6) is 0 Å². The number of nitrogens with zero attached hydrogens (tertiary/aromatic N) is 3. The molecule has 3 rings (SSSR count). The zero-order valence-corrected chi connectivity index (χ0v) is 20.4. The first-order chi connectivity index (χ1) is 15.4. The zero-order valence-electron chi connectivity index (χ0n) is 18.8. The summed E-state index contributed by atoms with van der Waals surface area (Å²) in [7, 11) is 3.74. The number of likely N-dealkylation sites (N-methyl/N-ethyl adjacent to an activating group) is 1. The molecule has 11 heteroatoms. The number of sulfonamides is 1. The smallest absolute Gasteiger partial charge is 0.328 e. The van der Waals surface area contributed by atoms with E-state index >= 15 is 0 Å². The molecule has 2 N–H and O–H groups in total. The molecule has 0 fully saturated rings. The van der Waals surface area contributed by atoms with Crippen molar-refractivity contribution in [1.82, 2.24) is 9.21 Å². The number of hydrogen-bond donors (Lipinski definition) is 2. The molecule has 0 amide bonds. The van der Waals surface area contributed by atoms with Crippen molar-refractivity contribution in [2.45, 2.75) is 14.7 Å². The molecule has 2 aromatic rings. The van der Waals surface area contributed by atoms with Crippen molar-refractivity contribution < 1.29 is 28.2 Å². The number of rotatable bonds is 7. The molecule has 0 spiro atoms. The zero-order chi connectivity index (χ0) is 24.8. The Hall–Kier alpha value is -2.86. The van der Waals surface area contributed by atoms with Crippen molar-refractivity contribution in [3.05, 3.63) is 54.6 Å². The maximum atomic E-state index is 12.5. The highest BCUT2D eigenvalue weighted by Gasteiger charge is 2.26. The molecule has 0 unspecified atom stereocenters. The molecule has 1 aliphatic heterocycles. The second kappa shape index (κ2) is 11.3. The van der Waals surface area contributed by atoms with Gasteiger partial charge in [0.15, 0.2) is 0 Å². The molecule has 0 bridgehead atoms. The minimum absolute atomic E-state index is 0.325. The van der Waals surface area contributed by atoms with E-state index < -0.39 is 22.0 Å². The summed E-state index contributed by atoms with van der Waals surface area (Å²) in [5.74, 6) is -2.51. The molecule has 9 nitrogen and oxygen atoms in total. The van der Waals surface area contributed by atoms with E-state index in [0.29, 0.717) is 17.0 Å². The van der Waals surface area contributed by atoms with E-state index in [1.807, 2.05) is 32.3 Å². The SMILES string of the molecule is CN(C)CCN1c2ccccc2Sc2ccc(S(=O)(=O)N(C)C)cc21.O=C(O)C=CC(=O)O. The van der Waals surface area contributed by atoms with Gasteiger partial charge in [0.1, 0.15) is 0 Å². The van der Waals surface area contributed by atoms with Crippen molar-refractivity contribution in [2.24, 2.45) is 0 Å². The van der Waals surface area contributed by atoms with Crippen LogP contribution in [0.3, 0.4) is 0 Å². The standard InChI is InChI=1S/C18H23N3O2S2.C4H4O4/c1-19(2)11-12-21-15-7-5-6-8-17(15)24-18-10-9-14(13-16(18)21)25(22,23)20(3)4;5-3(6)1-2-4(7)8/h5-10,13H,11-12H2,1-4H3;1-2H,(H,5,6)(H,7,8). The topological polar surface area (TPSA) is 118 Å². The fourth-order valence-electron chi connectivity index (χ4n) is 2.86. The number of carboxylic acid groups (broad SMARTS) is 2. The highest BCUT2D eigenvalue weighted by atomic mass is 32.2. The minimum Gasteiger partial charge on any atom is -0.478 e. The number of aliphatic carboxylic acids is 2. The van der Waals surface area contributed by atoms with Crippen molar-refractivity contribution in [2.75, 3.05) is 46.2 Å². The maximum absolute atomic E-state index is 12.5. The van der Waals surface area contributed by atoms with Gasteiger partial charge in [-0.05, 0) is 44.4 Å². The lowest BCUT2D eigenvalue weighted by Gasteiger charge is -2.34. The van der Waals surface area contributed by atoms with Crippen molar-refractivity contribution in [3.63, 3.8) is 0 Å². The molecular formula is C22H27N3O6S2. The number of fused-ring (bicyclic) bond motifs is 2. The second-order valence-electron chi connectivity index (χ2n) is 7.45. The van der Waals surface area contributed by atoms with E-state index in [0.717, 1.165) is 29.4 Å². The fraction of sp³-hybridized carbons (Fsp3) is 0.273. The Labute approximate surface area is 198 Å². The summed E-state index contributed by atoms with van der Waals surface area (Å²) in [4.78, 5) is 26.1. The van der Waals surface area contributed by atoms with Gasteiger partial charge in [-0.25, -0.2) is 22.3 Å². The predicted molar refractivity (Wildman–Crippen MR) is 128 cm³/mol. The number of carbonyl (C=O) groups is 2. The van der Waals surface area contributed by atoms with Gasteiger partial charge >= 0.3 is 11.9 Å². The average Bonchev–Trinajstić information content (AvgIpc) is 2.75. The molecule has 178 valence electrons. The fourth-order valence-corrected chi connectivity index (χ4v) is 4.86. The van der Waals surface area contributed by atoms with Gasteiger partial charge in [0, 0.05) is 49.1 Å². The van der Waals surface area contributed by atoms with Gasteiger partial charge in [-0.1, -0.05) is 23.9 Å². The Kier molecular flexibility index (Phi) is 9.06. The Bertz CT molecular complexity index is 1130. The summed E-state index contributed by atoms with van der Waals surface area (Å²) in [6.45, 7) is 1.67. The highest BCUT2D eigenvalue weighted by molar-refractivity contribution is 7.99. The molecule has 0 radical (unpaired) electrons. The molecule has 0 atom stereocenters. The summed E-state index contributed by atoms with van der Waals surface area (Å²) >= 11 is 1.68. The van der Waals surface area contributed by atoms with Gasteiger partial charge in [0.2, 0.25) is 10.0 Å². The van der Waals surface area contributed by atoms with E-state index in [1.165, 1.54) is 9.20 Å². The molecule has 0 aliphatic carbocycles. The lowest BCUT2D eigenvalue weighted by Crippen LogP contribution is -2.30. The molecule has 33 heavy (non-hydrogen) atoms. The third kappa shape index (κ3) is 7.06. The molecular weight excluding hydrogens is 466 g/mol. The van der Waals surface area contributed by atoms with Gasteiger partial charge in [-0.15, -0.1) is 0 Å². The Morgan fingerprint density at radius 1 is 0.939 bits per heavy atom. The molecule has 1 heterocycles. The first-order valence-electron chi connectivity index (χ1n) is 9.83. The Morgan fingerprint density at radius 3 is 2.06 bits per heavy atom. The van der Waals surface area contributed by atoms with E-state index in [4.69, 9.17) is 10.2 Å². The second-order valence-corrected chi connectivity index (χ2v) is 10.7. The molecule has 0 saturated carbocycles. The van der Waals surface area contributed by atoms with Gasteiger partial charge in [-0.2, -0.15) is 0 Å². The first-order valence-corrected chi connectivity index (χ1v) is 12.1. The summed E-state index contributed by atoms with van der Waals surface area (Å²) in [6.07, 6.45) is 1.12. The van der Waals surface area contributed by atoms with Crippen LogP contribution in [0.25, 0.3) is 0 Å². The van der Waals surface area contributed by atoms with Crippen molar-refractivity contribution >= 4 is 45.1 Å². The van der Waals surface area contributed by atoms with Crippen LogP contribution in [-0.4, -0.2) is 81.1 Å². The van der Waals surface area contributed by atoms with Crippen LogP contribution in [0.15, 0.2) is 69.3 Å². The van der Waals surface area contributed by atoms with E-state index in [1.54, 1.807) is 38.0 Å². The molecule has 0 saturated heterocycles. The normalized spacial score (nSPS) is 12.8. The molecule has 2 aromatic carbocycles. The number of anilines is 2. The van der Waals surface area contributed by atoms with Gasteiger partial charge in [0.25, 0.3) is 0 Å². The summed E-state index contributed by atoms with van der Waals surface area (Å²) < 4.78 is 26.3. The van der Waals surface area contributed by atoms with Crippen LogP contribution in [0.2, 0.25) is 0 Å². The lowest BCUT2D eigenvalue weighted by molar-refractivity contribution is -0.134. The van der Waals surface area contributed by atoms with Crippen LogP contribution in [0.4, 0.5) is 11.4 Å². The van der Waals surface area contributed by atoms with Gasteiger partial charge in [0.05, 0.1) is 16.3 Å². The first kappa shape index (κ1) is 26.4. The predicted octanol–water partition coefficient (Wildman–Crippen LogP) is 2.81. The van der Waals surface area contributed by atoms with Crippen LogP contribution in [-0.2, 0) is 19.6 Å². The van der Waals surface area contributed by atoms with E-state index in [9.17, 15) is 18.0 Å². The maximum Gasteiger partial charge on any atom is 0.328 e. The van der Waals surface area contributed by atoms with Gasteiger partial charge < -0.3 is 20.0 Å². The van der Waals surface area contributed by atoms with E-state index in [2.05, 4.69) is 21.9 Å². The Morgan fingerprint density at radius 2 is 1.52 bits per heavy atom. The third-order valence-electron chi connectivity index (χ3n) is 4.52. The minimum atomic E-state index is -3.46. The lowest BCUT2D eigenvalue weighted by atomic mass is 10.2. The van der Waals surface area contributed by atoms with Gasteiger partial charge in [-0.3, -0.25) is 0 Å². The van der Waals surface area contributed by atoms with Crippen LogP contribution in [0.1, 0.15) is 0 Å². The molecule has 0 aromatic heterocycles.